The number of carbonyl (C=O) groups excluding carboxylic acids is 3. The SMILES string of the molecule is COc1cccc([C@H](NC(=O)CN2C(=O)c3cc(Cl)c(Cl)cc3C2=O)c2nccn2C)c1. The summed E-state index contributed by atoms with van der Waals surface area (Å²) >= 11 is 12.0. The van der Waals surface area contributed by atoms with Crippen LogP contribution in [-0.2, 0) is 11.8 Å². The molecule has 0 spiro atoms. The summed E-state index contributed by atoms with van der Waals surface area (Å²) in [5, 5.41) is 3.19. The lowest BCUT2D eigenvalue weighted by molar-refractivity contribution is -0.122. The summed E-state index contributed by atoms with van der Waals surface area (Å²) in [5.41, 5.74) is 0.962. The van der Waals surface area contributed by atoms with Crippen LogP contribution in [0.3, 0.4) is 0 Å². The summed E-state index contributed by atoms with van der Waals surface area (Å²) in [4.78, 5) is 43.6. The Balaban J connectivity index is 1.59. The van der Waals surface area contributed by atoms with Crippen molar-refractivity contribution in [3.63, 3.8) is 0 Å². The molecule has 1 atom stereocenters. The Kier molecular flexibility index (Phi) is 5.90. The number of hydrogen-bond acceptors (Lipinski definition) is 5. The monoisotopic (exact) mass is 472 g/mol. The first-order valence-electron chi connectivity index (χ1n) is 9.56. The van der Waals surface area contributed by atoms with E-state index in [9.17, 15) is 14.4 Å². The van der Waals surface area contributed by atoms with Crippen LogP contribution in [0.15, 0.2) is 48.8 Å². The molecule has 0 saturated carbocycles. The van der Waals surface area contributed by atoms with Crippen molar-refractivity contribution in [1.82, 2.24) is 19.8 Å². The van der Waals surface area contributed by atoms with Gasteiger partial charge < -0.3 is 14.6 Å². The second kappa shape index (κ2) is 8.64. The molecular weight excluding hydrogens is 455 g/mol. The van der Waals surface area contributed by atoms with Crippen molar-refractivity contribution in [2.45, 2.75) is 6.04 Å². The highest BCUT2D eigenvalue weighted by Gasteiger charge is 2.38. The van der Waals surface area contributed by atoms with Crippen molar-refractivity contribution in [3.8, 4) is 5.75 Å². The van der Waals surface area contributed by atoms with Crippen LogP contribution in [0.2, 0.25) is 10.0 Å². The molecule has 2 aromatic carbocycles. The number of halogens is 2. The fourth-order valence-corrected chi connectivity index (χ4v) is 3.88. The largest absolute Gasteiger partial charge is 0.497 e. The fraction of sp³-hybridized carbons (Fsp3) is 0.182. The Morgan fingerprint density at radius 1 is 1.12 bits per heavy atom. The van der Waals surface area contributed by atoms with Crippen LogP contribution in [0.25, 0.3) is 0 Å². The second-order valence-electron chi connectivity index (χ2n) is 7.18. The molecule has 1 aliphatic heterocycles. The number of aromatic nitrogens is 2. The fourth-order valence-electron chi connectivity index (χ4n) is 3.55. The van der Waals surface area contributed by atoms with Crippen LogP contribution < -0.4 is 10.1 Å². The van der Waals surface area contributed by atoms with Gasteiger partial charge in [-0.1, -0.05) is 35.3 Å². The van der Waals surface area contributed by atoms with Gasteiger partial charge in [-0.3, -0.25) is 19.3 Å². The van der Waals surface area contributed by atoms with Crippen LogP contribution in [0, 0.1) is 0 Å². The lowest BCUT2D eigenvalue weighted by Gasteiger charge is -2.21. The number of ether oxygens (including phenoxy) is 1. The van der Waals surface area contributed by atoms with Crippen molar-refractivity contribution in [2.24, 2.45) is 7.05 Å². The number of carbonyl (C=O) groups is 3. The Morgan fingerprint density at radius 3 is 2.34 bits per heavy atom. The molecule has 3 aromatic rings. The van der Waals surface area contributed by atoms with Crippen LogP contribution in [0.5, 0.6) is 5.75 Å². The number of aryl methyl sites for hydroxylation is 1. The number of fused-ring (bicyclic) bond motifs is 1. The lowest BCUT2D eigenvalue weighted by atomic mass is 10.1. The van der Waals surface area contributed by atoms with Crippen LogP contribution in [0.1, 0.15) is 38.1 Å². The van der Waals surface area contributed by atoms with Crippen molar-refractivity contribution in [3.05, 3.63) is 81.4 Å². The van der Waals surface area contributed by atoms with Gasteiger partial charge in [0.1, 0.15) is 24.2 Å². The van der Waals surface area contributed by atoms with Crippen LogP contribution in [0.4, 0.5) is 0 Å². The Morgan fingerprint density at radius 2 is 1.78 bits per heavy atom. The first-order valence-corrected chi connectivity index (χ1v) is 10.3. The van der Waals surface area contributed by atoms with Crippen LogP contribution >= 0.6 is 23.2 Å². The molecule has 2 heterocycles. The minimum absolute atomic E-state index is 0.116. The van der Waals surface area contributed by atoms with Gasteiger partial charge in [0.15, 0.2) is 0 Å². The van der Waals surface area contributed by atoms with Gasteiger partial charge in [0.25, 0.3) is 11.8 Å². The molecule has 4 rings (SSSR count). The summed E-state index contributed by atoms with van der Waals surface area (Å²) < 4.78 is 7.06. The normalized spacial score (nSPS) is 13.8. The molecule has 0 fully saturated rings. The van der Waals surface area contributed by atoms with E-state index in [-0.39, 0.29) is 21.2 Å². The second-order valence-corrected chi connectivity index (χ2v) is 8.00. The van der Waals surface area contributed by atoms with Crippen molar-refractivity contribution >= 4 is 40.9 Å². The minimum Gasteiger partial charge on any atom is -0.497 e. The number of imidazole rings is 1. The number of benzene rings is 2. The van der Waals surface area contributed by atoms with Crippen molar-refractivity contribution in [1.29, 1.82) is 0 Å². The zero-order valence-electron chi connectivity index (χ0n) is 17.1. The number of rotatable bonds is 6. The first-order chi connectivity index (χ1) is 15.3. The third-order valence-corrected chi connectivity index (χ3v) is 5.88. The number of hydrogen-bond donors (Lipinski definition) is 1. The number of imide groups is 1. The van der Waals surface area contributed by atoms with Crippen molar-refractivity contribution in [2.75, 3.05) is 13.7 Å². The van der Waals surface area contributed by atoms with Gasteiger partial charge in [-0.2, -0.15) is 0 Å². The summed E-state index contributed by atoms with van der Waals surface area (Å²) in [6, 6.07) is 9.25. The van der Waals surface area contributed by atoms with Gasteiger partial charge in [-0.15, -0.1) is 0 Å². The van der Waals surface area contributed by atoms with E-state index in [0.717, 1.165) is 10.5 Å². The highest BCUT2D eigenvalue weighted by molar-refractivity contribution is 6.43. The number of amides is 3. The summed E-state index contributed by atoms with van der Waals surface area (Å²) in [7, 11) is 3.35. The van der Waals surface area contributed by atoms with E-state index in [2.05, 4.69) is 10.3 Å². The molecule has 10 heteroatoms. The Bertz CT molecular complexity index is 1200. The zero-order chi connectivity index (χ0) is 23.0. The zero-order valence-corrected chi connectivity index (χ0v) is 18.6. The summed E-state index contributed by atoms with van der Waals surface area (Å²) in [6.07, 6.45) is 3.37. The molecule has 1 aromatic heterocycles. The Hall–Kier alpha value is -3.36. The summed E-state index contributed by atoms with van der Waals surface area (Å²) in [6.45, 7) is -0.466. The van der Waals surface area contributed by atoms with E-state index >= 15 is 0 Å². The molecular formula is C22H18Cl2N4O4. The average molecular weight is 473 g/mol. The molecule has 0 unspecified atom stereocenters. The first kappa shape index (κ1) is 21.9. The molecule has 1 N–H and O–H groups in total. The molecule has 32 heavy (non-hydrogen) atoms. The van der Waals surface area contributed by atoms with E-state index < -0.39 is 30.3 Å². The maximum Gasteiger partial charge on any atom is 0.262 e. The van der Waals surface area contributed by atoms with E-state index in [1.807, 2.05) is 6.07 Å². The van der Waals surface area contributed by atoms with Crippen molar-refractivity contribution < 1.29 is 19.1 Å². The lowest BCUT2D eigenvalue weighted by Crippen LogP contribution is -2.42. The molecule has 164 valence electrons. The highest BCUT2D eigenvalue weighted by Crippen LogP contribution is 2.31. The topological polar surface area (TPSA) is 93.5 Å². The van der Waals surface area contributed by atoms with E-state index in [4.69, 9.17) is 27.9 Å². The van der Waals surface area contributed by atoms with Gasteiger partial charge in [-0.05, 0) is 29.8 Å². The predicted octanol–water partition coefficient (Wildman–Crippen LogP) is 3.24. The van der Waals surface area contributed by atoms with E-state index in [1.165, 1.54) is 12.1 Å². The summed E-state index contributed by atoms with van der Waals surface area (Å²) in [5.74, 6) is -0.549. The highest BCUT2D eigenvalue weighted by atomic mass is 35.5. The number of methoxy groups -OCH3 is 1. The maximum absolute atomic E-state index is 12.9. The predicted molar refractivity (Wildman–Crippen MR) is 118 cm³/mol. The van der Waals surface area contributed by atoms with E-state index in [0.29, 0.717) is 11.6 Å². The molecule has 8 nitrogen and oxygen atoms in total. The standard InChI is InChI=1S/C22H18Cl2N4O4/c1-27-7-6-25-20(27)19(12-4-3-5-13(8-12)32-2)26-18(29)11-28-21(30)14-9-16(23)17(24)10-15(14)22(28)31/h3-10,19H,11H2,1-2H3,(H,26,29)/t19-/m0/s1. The maximum atomic E-state index is 12.9. The molecule has 0 bridgehead atoms. The Labute approximate surface area is 193 Å². The van der Waals surface area contributed by atoms with Gasteiger partial charge in [0.2, 0.25) is 5.91 Å². The van der Waals surface area contributed by atoms with Gasteiger partial charge in [0.05, 0.1) is 28.3 Å². The molecule has 3 amide bonds. The van der Waals surface area contributed by atoms with Gasteiger partial charge in [0, 0.05) is 19.4 Å². The molecule has 0 radical (unpaired) electrons. The van der Waals surface area contributed by atoms with Crippen LogP contribution in [-0.4, -0.2) is 45.8 Å². The smallest absolute Gasteiger partial charge is 0.262 e. The van der Waals surface area contributed by atoms with E-state index in [1.54, 1.807) is 49.3 Å². The number of nitrogens with one attached hydrogen (secondary N) is 1. The third kappa shape index (κ3) is 3.94. The third-order valence-electron chi connectivity index (χ3n) is 5.16. The quantitative estimate of drug-likeness (QED) is 0.555. The molecule has 0 aliphatic carbocycles. The van der Waals surface area contributed by atoms with Gasteiger partial charge in [-0.25, -0.2) is 4.98 Å². The molecule has 1 aliphatic rings. The minimum atomic E-state index is -0.628. The number of nitrogens with zero attached hydrogens (tertiary/aromatic N) is 3. The average Bonchev–Trinajstić information content (AvgIpc) is 3.29. The van der Waals surface area contributed by atoms with Gasteiger partial charge >= 0.3 is 0 Å². The molecule has 0 saturated heterocycles.